The van der Waals surface area contributed by atoms with Crippen molar-refractivity contribution in [1.82, 2.24) is 19.9 Å². The lowest BCUT2D eigenvalue weighted by Gasteiger charge is -2.12. The van der Waals surface area contributed by atoms with Crippen LogP contribution in [0.2, 0.25) is 5.02 Å². The van der Waals surface area contributed by atoms with E-state index in [-0.39, 0.29) is 6.04 Å². The second kappa shape index (κ2) is 7.23. The van der Waals surface area contributed by atoms with Crippen LogP contribution in [0.5, 0.6) is 0 Å². The molecular weight excluding hydrogens is 324 g/mol. The molecule has 0 amide bonds. The number of benzene rings is 1. The van der Waals surface area contributed by atoms with Crippen LogP contribution >= 0.6 is 11.6 Å². The molecule has 0 fully saturated rings. The Bertz CT molecular complexity index is 822. The van der Waals surface area contributed by atoms with E-state index in [1.54, 1.807) is 18.3 Å². The quantitative estimate of drug-likeness (QED) is 0.726. The van der Waals surface area contributed by atoms with Crippen LogP contribution in [0.3, 0.4) is 0 Å². The summed E-state index contributed by atoms with van der Waals surface area (Å²) in [7, 11) is 0. The summed E-state index contributed by atoms with van der Waals surface area (Å²) in [5.41, 5.74) is 1.48. The summed E-state index contributed by atoms with van der Waals surface area (Å²) in [4.78, 5) is 17.6. The van der Waals surface area contributed by atoms with E-state index in [9.17, 15) is 0 Å². The highest BCUT2D eigenvalue weighted by molar-refractivity contribution is 6.30. The molecule has 0 saturated carbocycles. The van der Waals surface area contributed by atoms with E-state index in [0.29, 0.717) is 28.4 Å². The van der Waals surface area contributed by atoms with Gasteiger partial charge in [0.05, 0.1) is 0 Å². The van der Waals surface area contributed by atoms with E-state index in [1.165, 1.54) is 0 Å². The number of nitrogens with one attached hydrogen (secondary N) is 2. The average Bonchev–Trinajstić information content (AvgIpc) is 2.55. The summed E-state index contributed by atoms with van der Waals surface area (Å²) in [6.07, 6.45) is 1.63. The van der Waals surface area contributed by atoms with E-state index in [4.69, 9.17) is 11.6 Å². The molecule has 3 aromatic rings. The van der Waals surface area contributed by atoms with Crippen LogP contribution < -0.4 is 10.6 Å². The molecule has 6 nitrogen and oxygen atoms in total. The Kier molecular flexibility index (Phi) is 4.86. The summed E-state index contributed by atoms with van der Waals surface area (Å²) in [6.45, 7) is 4.04. The third-order valence-electron chi connectivity index (χ3n) is 3.03. The van der Waals surface area contributed by atoms with Crippen LogP contribution in [-0.2, 0) is 0 Å². The van der Waals surface area contributed by atoms with Crippen molar-refractivity contribution in [2.24, 2.45) is 0 Å². The van der Waals surface area contributed by atoms with Gasteiger partial charge in [-0.05, 0) is 38.1 Å². The molecule has 7 heteroatoms. The fourth-order valence-corrected chi connectivity index (χ4v) is 2.21. The van der Waals surface area contributed by atoms with Gasteiger partial charge in [0, 0.05) is 22.9 Å². The van der Waals surface area contributed by atoms with E-state index in [0.717, 1.165) is 5.69 Å². The Morgan fingerprint density at radius 1 is 0.958 bits per heavy atom. The number of anilines is 3. The first-order valence-electron chi connectivity index (χ1n) is 7.57. The third-order valence-corrected chi connectivity index (χ3v) is 3.27. The number of hydrogen-bond acceptors (Lipinski definition) is 6. The Hall–Kier alpha value is -2.73. The number of halogens is 1. The maximum absolute atomic E-state index is 6.05. The zero-order valence-corrected chi connectivity index (χ0v) is 14.1. The maximum atomic E-state index is 6.05. The fraction of sp³-hybridized carbons (Fsp3) is 0.176. The molecule has 122 valence electrons. The summed E-state index contributed by atoms with van der Waals surface area (Å²) >= 11 is 6.05. The minimum atomic E-state index is 0.192. The third kappa shape index (κ3) is 4.17. The smallest absolute Gasteiger partial charge is 0.232 e. The van der Waals surface area contributed by atoms with Crippen molar-refractivity contribution in [3.05, 3.63) is 53.7 Å². The van der Waals surface area contributed by atoms with E-state index >= 15 is 0 Å². The molecule has 0 unspecified atom stereocenters. The van der Waals surface area contributed by atoms with Crippen molar-refractivity contribution in [3.63, 3.8) is 0 Å². The first-order chi connectivity index (χ1) is 11.6. The minimum absolute atomic E-state index is 0.192. The predicted octanol–water partition coefficient (Wildman–Crippen LogP) is 4.15. The summed E-state index contributed by atoms with van der Waals surface area (Å²) < 4.78 is 0. The van der Waals surface area contributed by atoms with Gasteiger partial charge in [-0.3, -0.25) is 4.98 Å². The minimum Gasteiger partial charge on any atom is -0.352 e. The molecule has 24 heavy (non-hydrogen) atoms. The van der Waals surface area contributed by atoms with Crippen LogP contribution in [0.4, 0.5) is 17.6 Å². The van der Waals surface area contributed by atoms with E-state index in [2.05, 4.69) is 30.6 Å². The topological polar surface area (TPSA) is 75.6 Å². The second-order valence-corrected chi connectivity index (χ2v) is 5.89. The molecule has 2 heterocycles. The van der Waals surface area contributed by atoms with Gasteiger partial charge in [-0.15, -0.1) is 0 Å². The van der Waals surface area contributed by atoms with Gasteiger partial charge in [0.15, 0.2) is 5.82 Å². The molecule has 0 aliphatic heterocycles. The fourth-order valence-electron chi connectivity index (χ4n) is 2.05. The molecule has 0 spiro atoms. The highest BCUT2D eigenvalue weighted by atomic mass is 35.5. The molecular formula is C17H17ClN6. The SMILES string of the molecule is CC(C)Nc1nc(Nc2ccccc2)nc(-c2cc(Cl)ccn2)n1. The zero-order valence-electron chi connectivity index (χ0n) is 13.4. The molecule has 0 saturated heterocycles. The first kappa shape index (κ1) is 16.1. The van der Waals surface area contributed by atoms with Gasteiger partial charge in [0.25, 0.3) is 0 Å². The Balaban J connectivity index is 2.00. The van der Waals surface area contributed by atoms with Crippen LogP contribution in [0.1, 0.15) is 13.8 Å². The molecule has 0 radical (unpaired) electrons. The summed E-state index contributed by atoms with van der Waals surface area (Å²) in [6, 6.07) is 13.3. The average molecular weight is 341 g/mol. The van der Waals surface area contributed by atoms with Crippen molar-refractivity contribution in [3.8, 4) is 11.5 Å². The zero-order chi connectivity index (χ0) is 16.9. The first-order valence-corrected chi connectivity index (χ1v) is 7.94. The monoisotopic (exact) mass is 340 g/mol. The molecule has 0 aliphatic carbocycles. The number of pyridine rings is 1. The summed E-state index contributed by atoms with van der Waals surface area (Å²) in [5, 5.41) is 6.95. The Labute approximate surface area is 145 Å². The van der Waals surface area contributed by atoms with Crippen molar-refractivity contribution in [1.29, 1.82) is 0 Å². The Morgan fingerprint density at radius 3 is 2.42 bits per heavy atom. The predicted molar refractivity (Wildman–Crippen MR) is 96.6 cm³/mol. The van der Waals surface area contributed by atoms with Crippen LogP contribution in [-0.4, -0.2) is 26.0 Å². The van der Waals surface area contributed by atoms with E-state index in [1.807, 2.05) is 44.2 Å². The van der Waals surface area contributed by atoms with Crippen molar-refractivity contribution in [2.45, 2.75) is 19.9 Å². The van der Waals surface area contributed by atoms with Crippen molar-refractivity contribution < 1.29 is 0 Å². The highest BCUT2D eigenvalue weighted by Gasteiger charge is 2.11. The highest BCUT2D eigenvalue weighted by Crippen LogP contribution is 2.21. The molecule has 2 N–H and O–H groups in total. The standard InChI is InChI=1S/C17H17ClN6/c1-11(2)20-16-22-15(14-10-12(18)8-9-19-14)23-17(24-16)21-13-6-4-3-5-7-13/h3-11H,1-2H3,(H2,20,21,22,23,24). The normalized spacial score (nSPS) is 10.7. The van der Waals surface area contributed by atoms with Crippen LogP contribution in [0.25, 0.3) is 11.5 Å². The largest absolute Gasteiger partial charge is 0.352 e. The molecule has 0 atom stereocenters. The summed E-state index contributed by atoms with van der Waals surface area (Å²) in [5.74, 6) is 1.38. The number of rotatable bonds is 5. The molecule has 1 aromatic carbocycles. The number of nitrogens with zero attached hydrogens (tertiary/aromatic N) is 4. The van der Waals surface area contributed by atoms with Crippen molar-refractivity contribution in [2.75, 3.05) is 10.6 Å². The maximum Gasteiger partial charge on any atom is 0.232 e. The number of aromatic nitrogens is 4. The lowest BCUT2D eigenvalue weighted by Crippen LogP contribution is -2.14. The Morgan fingerprint density at radius 2 is 1.71 bits per heavy atom. The lowest BCUT2D eigenvalue weighted by atomic mass is 10.3. The molecule has 0 bridgehead atoms. The van der Waals surface area contributed by atoms with Crippen molar-refractivity contribution >= 4 is 29.2 Å². The van der Waals surface area contributed by atoms with E-state index < -0.39 is 0 Å². The molecule has 3 rings (SSSR count). The van der Waals surface area contributed by atoms with Gasteiger partial charge in [-0.25, -0.2) is 0 Å². The second-order valence-electron chi connectivity index (χ2n) is 5.46. The van der Waals surface area contributed by atoms with Crippen LogP contribution in [0.15, 0.2) is 48.7 Å². The number of hydrogen-bond donors (Lipinski definition) is 2. The molecule has 0 aliphatic rings. The van der Waals surface area contributed by atoms with Gasteiger partial charge >= 0.3 is 0 Å². The number of para-hydroxylation sites is 1. The lowest BCUT2D eigenvalue weighted by molar-refractivity contribution is 0.869. The van der Waals surface area contributed by atoms with Gasteiger partial charge in [0.2, 0.25) is 11.9 Å². The van der Waals surface area contributed by atoms with Gasteiger partial charge in [-0.2, -0.15) is 15.0 Å². The van der Waals surface area contributed by atoms with Crippen LogP contribution in [0, 0.1) is 0 Å². The molecule has 2 aromatic heterocycles. The van der Waals surface area contributed by atoms with Gasteiger partial charge < -0.3 is 10.6 Å². The van der Waals surface area contributed by atoms with Gasteiger partial charge in [-0.1, -0.05) is 29.8 Å². The van der Waals surface area contributed by atoms with Gasteiger partial charge in [0.1, 0.15) is 5.69 Å².